The molecule has 0 radical (unpaired) electrons. The van der Waals surface area contributed by atoms with E-state index in [-0.39, 0.29) is 139 Å². The highest BCUT2D eigenvalue weighted by molar-refractivity contribution is 7.80. The van der Waals surface area contributed by atoms with E-state index in [1.54, 1.807) is 12.1 Å². The first-order chi connectivity index (χ1) is 65.6. The number of H-pyrrole nitrogens is 1. The molecule has 0 saturated carbocycles. The van der Waals surface area contributed by atoms with Crippen LogP contribution in [0.3, 0.4) is 0 Å². The summed E-state index contributed by atoms with van der Waals surface area (Å²) in [5.74, 6) is -18.2. The molecule has 0 unspecified atom stereocenters. The van der Waals surface area contributed by atoms with E-state index in [9.17, 15) is 112 Å². The number of amides is 16. The Hall–Kier alpha value is -13.9. The molecule has 0 spiro atoms. The van der Waals surface area contributed by atoms with Gasteiger partial charge in [0.15, 0.2) is 5.96 Å². The van der Waals surface area contributed by atoms with Crippen LogP contribution in [0.5, 0.6) is 23.0 Å². The Kier molecular flexibility index (Phi) is 44.5. The highest BCUT2D eigenvalue weighted by Gasteiger charge is 2.44. The van der Waals surface area contributed by atoms with Crippen LogP contribution in [0.1, 0.15) is 119 Å². The number of imidazole rings is 1. The summed E-state index contributed by atoms with van der Waals surface area (Å²) in [6.07, 6.45) is 1.35. The van der Waals surface area contributed by atoms with E-state index in [2.05, 4.69) is 104 Å². The Bertz CT molecular complexity index is 5010. The Morgan fingerprint density at radius 1 is 0.464 bits per heavy atom. The van der Waals surface area contributed by atoms with Crippen molar-refractivity contribution in [1.29, 1.82) is 5.41 Å². The molecule has 138 heavy (non-hydrogen) atoms. The Balaban J connectivity index is 1.03. The number of thiol groups is 2. The van der Waals surface area contributed by atoms with E-state index in [0.717, 1.165) is 14.7 Å². The van der Waals surface area contributed by atoms with Crippen molar-refractivity contribution in [1.82, 2.24) is 93.8 Å². The number of aliphatic hydroxyl groups excluding tert-OH is 1. The highest BCUT2D eigenvalue weighted by Crippen LogP contribution is 2.26. The molecule has 5 aromatic rings. The van der Waals surface area contributed by atoms with E-state index in [1.165, 1.54) is 118 Å². The number of likely N-dealkylation sites (N-methyl/N-ethyl adjacent to an activating group) is 1. The number of aromatic hydroxyl groups is 4. The van der Waals surface area contributed by atoms with E-state index in [1.807, 2.05) is 0 Å². The van der Waals surface area contributed by atoms with Gasteiger partial charge in [0.1, 0.15) is 114 Å². The van der Waals surface area contributed by atoms with Gasteiger partial charge in [-0.05, 0) is 175 Å². The summed E-state index contributed by atoms with van der Waals surface area (Å²) in [5, 5.41) is 102. The number of rotatable bonds is 55. The van der Waals surface area contributed by atoms with Gasteiger partial charge in [-0.3, -0.25) is 82.1 Å². The number of primary amides is 1. The van der Waals surface area contributed by atoms with Crippen molar-refractivity contribution in [3.05, 3.63) is 138 Å². The number of aromatic amines is 1. The SMILES string of the molecule is C[C@H](NC(=O)[C@H](Cc1cnc[nH]1)NC(=O)[C@@H](N)Cc1ccc(O)cc1)C(=O)N[C@@H](CS)C(=O)N[C@@H](CO)C(=O)N[C@@H](C)C(=O)N1CCC[C@H]1C(=O)N[C@@H](CCN)C(=O)N[C@@H](CCCNC(=N)N)C(=O)N[C@@H](Cc1ccc(O)cc1)C(=O)N[C@@H](CS)C(=O)N[C@@H](Cc1ccc(O)cc1)C(=O)N[C@@H](CCC(N)=O)C(=O)N[C@@H](CCCCN)C(=O)N(C)[C@@H](Cc1ccc(O)cc1)C(=O)N1CCC[C@H]1C(=O)O. The number of unbranched alkanes of at least 4 members (excludes halogenated alkanes) is 1. The molecule has 0 bridgehead atoms. The average Bonchev–Trinajstić information content (AvgIpc) is 1.14. The van der Waals surface area contributed by atoms with Crippen LogP contribution in [0, 0.1) is 5.41 Å². The Morgan fingerprint density at radius 2 is 0.862 bits per heavy atom. The van der Waals surface area contributed by atoms with Crippen molar-refractivity contribution in [2.45, 2.75) is 220 Å². The predicted molar refractivity (Wildman–Crippen MR) is 505 cm³/mol. The Labute approximate surface area is 805 Å². The third-order valence-corrected chi connectivity index (χ3v) is 23.7. The number of nitrogens with two attached hydrogens (primary N) is 5. The summed E-state index contributed by atoms with van der Waals surface area (Å²) in [5.41, 5.74) is 31.4. The maximum atomic E-state index is 15.0. The molecule has 2 fully saturated rings. The van der Waals surface area contributed by atoms with E-state index < -0.39 is 235 Å². The number of phenols is 4. The van der Waals surface area contributed by atoms with Gasteiger partial charge in [-0.15, -0.1) is 0 Å². The van der Waals surface area contributed by atoms with Gasteiger partial charge in [-0.25, -0.2) is 9.78 Å². The second kappa shape index (κ2) is 55.3. The van der Waals surface area contributed by atoms with Gasteiger partial charge in [0.05, 0.1) is 19.0 Å². The lowest BCUT2D eigenvalue weighted by Crippen LogP contribution is -2.61. The van der Waals surface area contributed by atoms with Crippen molar-refractivity contribution in [3.8, 4) is 23.0 Å². The predicted octanol–water partition coefficient (Wildman–Crippen LogP) is -6.32. The first kappa shape index (κ1) is 111. The van der Waals surface area contributed by atoms with Crippen molar-refractivity contribution in [3.63, 3.8) is 0 Å². The molecule has 47 nitrogen and oxygen atoms in total. The fourth-order valence-corrected chi connectivity index (χ4v) is 15.8. The number of hydrogen-bond donors (Lipinski definition) is 28. The monoisotopic (exact) mass is 1960 g/mol. The lowest BCUT2D eigenvalue weighted by atomic mass is 10.00. The van der Waals surface area contributed by atoms with Gasteiger partial charge < -0.3 is 148 Å². The van der Waals surface area contributed by atoms with Gasteiger partial charge in [0.25, 0.3) is 0 Å². The lowest BCUT2D eigenvalue weighted by molar-refractivity contribution is -0.152. The average molecular weight is 1960 g/mol. The molecule has 4 aromatic carbocycles. The number of guanidine groups is 1. The van der Waals surface area contributed by atoms with Gasteiger partial charge in [-0.2, -0.15) is 25.3 Å². The number of aliphatic carboxylic acids is 1. The van der Waals surface area contributed by atoms with Gasteiger partial charge in [-0.1, -0.05) is 48.5 Å². The number of aromatic nitrogens is 2. The van der Waals surface area contributed by atoms with E-state index in [4.69, 9.17) is 34.1 Å². The number of nitrogens with one attached hydrogen (secondary N) is 15. The summed E-state index contributed by atoms with van der Waals surface area (Å²) in [4.78, 5) is 250. The maximum absolute atomic E-state index is 15.0. The molecule has 2 saturated heterocycles. The second-order valence-electron chi connectivity index (χ2n) is 33.5. The lowest BCUT2D eigenvalue weighted by Gasteiger charge is -2.35. The van der Waals surface area contributed by atoms with Crippen molar-refractivity contribution >= 4 is 132 Å². The number of carbonyl (C=O) groups is 17. The van der Waals surface area contributed by atoms with E-state index >= 15 is 0 Å². The zero-order valence-corrected chi connectivity index (χ0v) is 78.3. The largest absolute Gasteiger partial charge is 0.508 e. The molecular weight excluding hydrogens is 1840 g/mol. The van der Waals surface area contributed by atoms with Crippen LogP contribution in [-0.4, -0.2) is 316 Å². The number of phenolic OH excluding ortho intramolecular Hbond substituents is 4. The quantitative estimate of drug-likeness (QED) is 0.00745. The Morgan fingerprint density at radius 3 is 1.33 bits per heavy atom. The molecule has 2 aliphatic heterocycles. The second-order valence-corrected chi connectivity index (χ2v) is 34.3. The zero-order chi connectivity index (χ0) is 102. The number of benzene rings is 4. The van der Waals surface area contributed by atoms with Crippen LogP contribution in [0.15, 0.2) is 110 Å². The summed E-state index contributed by atoms with van der Waals surface area (Å²) < 4.78 is 0. The van der Waals surface area contributed by atoms with Crippen molar-refractivity contribution in [2.24, 2.45) is 28.7 Å². The number of nitrogens with zero attached hydrogens (tertiary/aromatic N) is 4. The molecule has 16 atom stereocenters. The number of hydrogen-bond acceptors (Lipinski definition) is 29. The minimum atomic E-state index is -1.76. The number of aliphatic hydroxyl groups is 1. The number of carbonyl (C=O) groups excluding carboxylic acids is 16. The van der Waals surface area contributed by atoms with Crippen LogP contribution in [0.4, 0.5) is 0 Å². The zero-order valence-electron chi connectivity index (χ0n) is 76.5. The van der Waals surface area contributed by atoms with Crippen LogP contribution in [0.25, 0.3) is 0 Å². The summed E-state index contributed by atoms with van der Waals surface area (Å²) in [6, 6.07) is -1.38. The molecule has 7 rings (SSSR count). The third kappa shape index (κ3) is 34.7. The van der Waals surface area contributed by atoms with Crippen LogP contribution in [0.2, 0.25) is 0 Å². The standard InChI is InChI=1S/C89H126N24O23S2/c1-47(99-78(125)65(41-53-42-96-46-98-53)105-74(121)58(92)37-49-13-21-54(115)22-14-49)73(120)109-67(44-137)83(130)108-66(43-114)81(128)100-48(2)85(132)112-35-7-11-69(112)84(131)103-61(31-33-91)77(124)101-59(10-6-34-97-89(94)95)75(122)106-64(39-51-17-25-56(117)26-18-51)80(127)110-68(45-138)82(129)107-63(38-50-15-23-55(116)24-16-50)79(126)102-60(29-30-72(93)119)76(123)104-62(9-4-5-32-90)86(133)111(3)71(40-52-19-27-57(118)28-20-52)87(134)113-36-8-12-70(113)88(135)136/h13-28,42,46-48,58-71,114-118,137-138H,4-12,29-41,43-45,90-92H2,1-3H3,(H2,93,119)(H,96,98)(H,99,125)(H,100,128)(H,101,124)(H,102,126)(H,103,131)(H,104,123)(H,105,121)(H,106,122)(H,107,129)(H,108,130)(H,109,120)(H,110,127)(H,135,136)(H4,94,95,97)/t47-,48-,58-,59-,60-,61-,62-,63-,64-,65-,66-,67-,68-,69-,70-,71-/m0/s1. The molecule has 2 aliphatic rings. The van der Waals surface area contributed by atoms with Crippen molar-refractivity contribution in [2.75, 3.05) is 57.9 Å². The molecule has 49 heteroatoms. The van der Waals surface area contributed by atoms with Gasteiger partial charge in [0, 0.05) is 82.2 Å². The molecular formula is C89H126N24O23S2. The van der Waals surface area contributed by atoms with Crippen LogP contribution in [-0.2, 0) is 114 Å². The summed E-state index contributed by atoms with van der Waals surface area (Å²) >= 11 is 8.58. The van der Waals surface area contributed by atoms with Crippen LogP contribution < -0.4 is 97.8 Å². The maximum Gasteiger partial charge on any atom is 0.326 e. The van der Waals surface area contributed by atoms with Gasteiger partial charge in [0.2, 0.25) is 94.5 Å². The fraction of sp³-hybridized carbons (Fsp3) is 0.494. The summed E-state index contributed by atoms with van der Waals surface area (Å²) in [7, 11) is 1.30. The number of likely N-dealkylation sites (tertiary alicyclic amines) is 2. The first-order valence-electron chi connectivity index (χ1n) is 44.8. The molecule has 0 aliphatic carbocycles. The summed E-state index contributed by atoms with van der Waals surface area (Å²) in [6.45, 7) is 1.35. The van der Waals surface area contributed by atoms with Gasteiger partial charge >= 0.3 is 5.97 Å². The normalized spacial score (nSPS) is 16.4. The fourth-order valence-electron chi connectivity index (χ4n) is 15.3. The first-order valence-corrected chi connectivity index (χ1v) is 46.1. The molecule has 16 amide bonds. The highest BCUT2D eigenvalue weighted by atomic mass is 32.1. The molecule has 31 N–H and O–H groups in total. The minimum absolute atomic E-state index is 0.00317. The molecule has 1 aromatic heterocycles. The molecule has 3 heterocycles. The van der Waals surface area contributed by atoms with Crippen LogP contribution >= 0.6 is 25.3 Å². The number of carboxylic acids is 1. The molecule has 752 valence electrons. The topological polar surface area (TPSA) is 760 Å². The smallest absolute Gasteiger partial charge is 0.326 e. The third-order valence-electron chi connectivity index (χ3n) is 23.0. The number of carboxylic acid groups (broad SMARTS) is 1. The van der Waals surface area contributed by atoms with E-state index in [0.29, 0.717) is 40.8 Å². The minimum Gasteiger partial charge on any atom is -0.508 e. The van der Waals surface area contributed by atoms with Crippen molar-refractivity contribution < 1.29 is 112 Å².